The SMILES string of the molecule is N[C@@H]1CCCN(CC(=O)Nc2ccc(Cl)cc2F)C1. The van der Waals surface area contributed by atoms with E-state index in [1.807, 2.05) is 4.90 Å². The van der Waals surface area contributed by atoms with Crippen LogP contribution in [-0.4, -0.2) is 36.5 Å². The van der Waals surface area contributed by atoms with Gasteiger partial charge in [-0.05, 0) is 37.6 Å². The summed E-state index contributed by atoms with van der Waals surface area (Å²) in [5.41, 5.74) is 5.99. The number of amides is 1. The van der Waals surface area contributed by atoms with Crippen molar-refractivity contribution < 1.29 is 9.18 Å². The standard InChI is InChI=1S/C13H17ClFN3O/c14-9-3-4-12(11(15)6-9)17-13(19)8-18-5-1-2-10(16)7-18/h3-4,6,10H,1-2,5,7-8,16H2,(H,17,19)/t10-/m1/s1. The molecule has 0 saturated carbocycles. The van der Waals surface area contributed by atoms with Crippen molar-refractivity contribution in [1.29, 1.82) is 0 Å². The van der Waals surface area contributed by atoms with Crippen LogP contribution in [0.5, 0.6) is 0 Å². The Morgan fingerprint density at radius 1 is 1.58 bits per heavy atom. The number of halogens is 2. The molecular weight excluding hydrogens is 269 g/mol. The van der Waals surface area contributed by atoms with Crippen LogP contribution in [0.25, 0.3) is 0 Å². The quantitative estimate of drug-likeness (QED) is 0.891. The first-order valence-electron chi connectivity index (χ1n) is 6.27. The fraction of sp³-hybridized carbons (Fsp3) is 0.462. The number of benzene rings is 1. The van der Waals surface area contributed by atoms with Gasteiger partial charge >= 0.3 is 0 Å². The summed E-state index contributed by atoms with van der Waals surface area (Å²) >= 11 is 5.65. The maximum absolute atomic E-state index is 13.5. The molecule has 1 amide bonds. The van der Waals surface area contributed by atoms with Crippen LogP contribution in [0.2, 0.25) is 5.02 Å². The highest BCUT2D eigenvalue weighted by Gasteiger charge is 2.19. The molecule has 1 heterocycles. The second-order valence-electron chi connectivity index (χ2n) is 4.81. The number of nitrogens with one attached hydrogen (secondary N) is 1. The highest BCUT2D eigenvalue weighted by Crippen LogP contribution is 2.19. The van der Waals surface area contributed by atoms with E-state index in [0.717, 1.165) is 19.4 Å². The summed E-state index contributed by atoms with van der Waals surface area (Å²) in [6.07, 6.45) is 1.98. The Morgan fingerprint density at radius 2 is 2.37 bits per heavy atom. The smallest absolute Gasteiger partial charge is 0.238 e. The van der Waals surface area contributed by atoms with E-state index in [0.29, 0.717) is 11.6 Å². The topological polar surface area (TPSA) is 58.4 Å². The molecule has 0 bridgehead atoms. The molecule has 1 aliphatic rings. The van der Waals surface area contributed by atoms with E-state index in [4.69, 9.17) is 17.3 Å². The average Bonchev–Trinajstić information content (AvgIpc) is 2.33. The van der Waals surface area contributed by atoms with Gasteiger partial charge in [-0.3, -0.25) is 9.69 Å². The molecule has 1 atom stereocenters. The number of nitrogens with zero attached hydrogens (tertiary/aromatic N) is 1. The molecule has 1 aromatic carbocycles. The molecule has 1 aromatic rings. The second kappa shape index (κ2) is 6.32. The molecule has 0 spiro atoms. The monoisotopic (exact) mass is 285 g/mol. The highest BCUT2D eigenvalue weighted by molar-refractivity contribution is 6.30. The third-order valence-corrected chi connectivity index (χ3v) is 3.35. The van der Waals surface area contributed by atoms with Gasteiger partial charge in [-0.2, -0.15) is 0 Å². The number of hydrogen-bond acceptors (Lipinski definition) is 3. The predicted molar refractivity (Wildman–Crippen MR) is 73.7 cm³/mol. The number of carbonyl (C=O) groups excluding carboxylic acids is 1. The molecule has 0 radical (unpaired) electrons. The van der Waals surface area contributed by atoms with Crippen molar-refractivity contribution >= 4 is 23.2 Å². The van der Waals surface area contributed by atoms with Gasteiger partial charge in [0.25, 0.3) is 0 Å². The van der Waals surface area contributed by atoms with Crippen LogP contribution < -0.4 is 11.1 Å². The maximum Gasteiger partial charge on any atom is 0.238 e. The third kappa shape index (κ3) is 4.16. The van der Waals surface area contributed by atoms with Crippen molar-refractivity contribution in [2.45, 2.75) is 18.9 Å². The molecule has 1 saturated heterocycles. The molecule has 1 fully saturated rings. The van der Waals surface area contributed by atoms with Crippen LogP contribution in [0, 0.1) is 5.82 Å². The minimum atomic E-state index is -0.531. The van der Waals surface area contributed by atoms with Gasteiger partial charge in [0, 0.05) is 17.6 Å². The summed E-state index contributed by atoms with van der Waals surface area (Å²) in [6.45, 7) is 1.79. The molecule has 2 rings (SSSR count). The lowest BCUT2D eigenvalue weighted by atomic mass is 10.1. The zero-order chi connectivity index (χ0) is 13.8. The Bertz CT molecular complexity index is 469. The maximum atomic E-state index is 13.5. The summed E-state index contributed by atoms with van der Waals surface area (Å²) < 4.78 is 13.5. The van der Waals surface area contributed by atoms with Crippen LogP contribution in [0.15, 0.2) is 18.2 Å². The summed E-state index contributed by atoms with van der Waals surface area (Å²) in [4.78, 5) is 13.8. The molecular formula is C13H17ClFN3O. The third-order valence-electron chi connectivity index (χ3n) is 3.11. The van der Waals surface area contributed by atoms with Gasteiger partial charge in [-0.25, -0.2) is 4.39 Å². The first-order chi connectivity index (χ1) is 9.04. The van der Waals surface area contributed by atoms with Crippen molar-refractivity contribution in [3.8, 4) is 0 Å². The Labute approximate surface area is 116 Å². The molecule has 3 N–H and O–H groups in total. The van der Waals surface area contributed by atoms with Crippen LogP contribution in [0.1, 0.15) is 12.8 Å². The van der Waals surface area contributed by atoms with Gasteiger partial charge < -0.3 is 11.1 Å². The van der Waals surface area contributed by atoms with E-state index in [1.165, 1.54) is 18.2 Å². The van der Waals surface area contributed by atoms with E-state index < -0.39 is 5.82 Å². The van der Waals surface area contributed by atoms with E-state index in [2.05, 4.69) is 5.32 Å². The van der Waals surface area contributed by atoms with Crippen LogP contribution in [0.3, 0.4) is 0 Å². The zero-order valence-electron chi connectivity index (χ0n) is 10.5. The van der Waals surface area contributed by atoms with E-state index in [9.17, 15) is 9.18 Å². The van der Waals surface area contributed by atoms with Gasteiger partial charge in [0.15, 0.2) is 0 Å². The highest BCUT2D eigenvalue weighted by atomic mass is 35.5. The molecule has 19 heavy (non-hydrogen) atoms. The Balaban J connectivity index is 1.90. The number of anilines is 1. The van der Waals surface area contributed by atoms with Gasteiger partial charge in [0.1, 0.15) is 5.82 Å². The number of hydrogen-bond donors (Lipinski definition) is 2. The number of carbonyl (C=O) groups is 1. The minimum Gasteiger partial charge on any atom is -0.327 e. The molecule has 1 aliphatic heterocycles. The minimum absolute atomic E-state index is 0.119. The molecule has 6 heteroatoms. The summed E-state index contributed by atoms with van der Waals surface area (Å²) in [5, 5.41) is 2.85. The van der Waals surface area contributed by atoms with E-state index in [-0.39, 0.29) is 24.2 Å². The number of rotatable bonds is 3. The number of likely N-dealkylation sites (tertiary alicyclic amines) is 1. The lowest BCUT2D eigenvalue weighted by Gasteiger charge is -2.29. The molecule has 104 valence electrons. The van der Waals surface area contributed by atoms with Crippen LogP contribution in [0.4, 0.5) is 10.1 Å². The summed E-state index contributed by atoms with van der Waals surface area (Å²) in [5.74, 6) is -0.772. The molecule has 4 nitrogen and oxygen atoms in total. The zero-order valence-corrected chi connectivity index (χ0v) is 11.3. The first kappa shape index (κ1) is 14.2. The first-order valence-corrected chi connectivity index (χ1v) is 6.65. The summed E-state index contributed by atoms with van der Waals surface area (Å²) in [6, 6.07) is 4.29. The Kier molecular flexibility index (Phi) is 4.74. The van der Waals surface area contributed by atoms with Crippen LogP contribution in [-0.2, 0) is 4.79 Å². The molecule has 0 aromatic heterocycles. The lowest BCUT2D eigenvalue weighted by Crippen LogP contribution is -2.45. The molecule has 0 aliphatic carbocycles. The number of nitrogens with two attached hydrogens (primary N) is 1. The molecule has 0 unspecified atom stereocenters. The van der Waals surface area contributed by atoms with Crippen LogP contribution >= 0.6 is 11.6 Å². The van der Waals surface area contributed by atoms with E-state index >= 15 is 0 Å². The van der Waals surface area contributed by atoms with Crippen molar-refractivity contribution in [1.82, 2.24) is 4.90 Å². The predicted octanol–water partition coefficient (Wildman–Crippen LogP) is 1.84. The van der Waals surface area contributed by atoms with Gasteiger partial charge in [-0.15, -0.1) is 0 Å². The fourth-order valence-electron chi connectivity index (χ4n) is 2.22. The fourth-order valence-corrected chi connectivity index (χ4v) is 2.38. The lowest BCUT2D eigenvalue weighted by molar-refractivity contribution is -0.117. The van der Waals surface area contributed by atoms with Gasteiger partial charge in [0.2, 0.25) is 5.91 Å². The van der Waals surface area contributed by atoms with Gasteiger partial charge in [-0.1, -0.05) is 11.6 Å². The van der Waals surface area contributed by atoms with Gasteiger partial charge in [0.05, 0.1) is 12.2 Å². The van der Waals surface area contributed by atoms with E-state index in [1.54, 1.807) is 0 Å². The number of piperidine rings is 1. The van der Waals surface area contributed by atoms with Crippen molar-refractivity contribution in [2.75, 3.05) is 25.0 Å². The average molecular weight is 286 g/mol. The Hall–Kier alpha value is -1.17. The second-order valence-corrected chi connectivity index (χ2v) is 5.25. The summed E-state index contributed by atoms with van der Waals surface area (Å²) in [7, 11) is 0. The Morgan fingerprint density at radius 3 is 3.05 bits per heavy atom. The van der Waals surface area contributed by atoms with Crippen molar-refractivity contribution in [3.63, 3.8) is 0 Å². The van der Waals surface area contributed by atoms with Crippen molar-refractivity contribution in [2.24, 2.45) is 5.73 Å². The largest absolute Gasteiger partial charge is 0.327 e. The van der Waals surface area contributed by atoms with Crippen molar-refractivity contribution in [3.05, 3.63) is 29.0 Å². The normalized spacial score (nSPS) is 20.3.